The minimum atomic E-state index is -0.827. The molecule has 0 unspecified atom stereocenters. The fourth-order valence-electron chi connectivity index (χ4n) is 1.82. The zero-order valence-corrected chi connectivity index (χ0v) is 9.45. The summed E-state index contributed by atoms with van der Waals surface area (Å²) in [5, 5.41) is 20.6. The number of anilines is 1. The average Bonchev–Trinajstić information content (AvgIpc) is 2.24. The standard InChI is InChI=1S/C9H12N4O4/c1-9(14)3-12(4-9)7-6(13(15)16)8(17-2)11-5-10-7/h5,14H,3-4H2,1-2H3. The molecule has 1 saturated heterocycles. The first-order valence-corrected chi connectivity index (χ1v) is 4.95. The van der Waals surface area contributed by atoms with Crippen molar-refractivity contribution >= 4 is 11.5 Å². The Morgan fingerprint density at radius 1 is 1.59 bits per heavy atom. The van der Waals surface area contributed by atoms with Crippen molar-refractivity contribution in [3.05, 3.63) is 16.4 Å². The van der Waals surface area contributed by atoms with E-state index in [-0.39, 0.29) is 17.4 Å². The molecule has 17 heavy (non-hydrogen) atoms. The summed E-state index contributed by atoms with van der Waals surface area (Å²) in [4.78, 5) is 19.6. The van der Waals surface area contributed by atoms with Crippen LogP contribution in [0, 0.1) is 10.1 Å². The van der Waals surface area contributed by atoms with Crippen molar-refractivity contribution in [2.45, 2.75) is 12.5 Å². The number of nitro groups is 1. The van der Waals surface area contributed by atoms with E-state index in [9.17, 15) is 15.2 Å². The molecule has 0 aromatic carbocycles. The van der Waals surface area contributed by atoms with Crippen LogP contribution >= 0.6 is 0 Å². The molecule has 0 radical (unpaired) electrons. The summed E-state index contributed by atoms with van der Waals surface area (Å²) >= 11 is 0. The fourth-order valence-corrected chi connectivity index (χ4v) is 1.82. The molecule has 1 aromatic rings. The lowest BCUT2D eigenvalue weighted by Crippen LogP contribution is -2.60. The van der Waals surface area contributed by atoms with Crippen molar-refractivity contribution in [1.82, 2.24) is 9.97 Å². The summed E-state index contributed by atoms with van der Waals surface area (Å²) in [6.45, 7) is 2.26. The van der Waals surface area contributed by atoms with Gasteiger partial charge in [0.1, 0.15) is 6.33 Å². The fraction of sp³-hybridized carbons (Fsp3) is 0.556. The Labute approximate surface area is 97.0 Å². The maximum Gasteiger partial charge on any atom is 0.372 e. The number of rotatable bonds is 3. The van der Waals surface area contributed by atoms with E-state index in [2.05, 4.69) is 9.97 Å². The SMILES string of the molecule is COc1ncnc(N2CC(C)(O)C2)c1[N+](=O)[O-]. The van der Waals surface area contributed by atoms with E-state index in [1.807, 2.05) is 0 Å². The monoisotopic (exact) mass is 240 g/mol. The van der Waals surface area contributed by atoms with Gasteiger partial charge in [0.15, 0.2) is 0 Å². The minimum Gasteiger partial charge on any atom is -0.476 e. The second-order valence-corrected chi connectivity index (χ2v) is 4.17. The second kappa shape index (κ2) is 3.81. The third-order valence-electron chi connectivity index (χ3n) is 2.51. The first-order chi connectivity index (χ1) is 7.94. The van der Waals surface area contributed by atoms with E-state index in [1.54, 1.807) is 11.8 Å². The van der Waals surface area contributed by atoms with Gasteiger partial charge in [-0.15, -0.1) is 0 Å². The number of aromatic nitrogens is 2. The highest BCUT2D eigenvalue weighted by Gasteiger charge is 2.41. The second-order valence-electron chi connectivity index (χ2n) is 4.17. The van der Waals surface area contributed by atoms with Crippen LogP contribution in [0.4, 0.5) is 11.5 Å². The highest BCUT2D eigenvalue weighted by Crippen LogP contribution is 2.37. The Kier molecular flexibility index (Phi) is 2.58. The van der Waals surface area contributed by atoms with Crippen LogP contribution in [-0.4, -0.2) is 45.8 Å². The molecule has 0 bridgehead atoms. The van der Waals surface area contributed by atoms with E-state index in [4.69, 9.17) is 4.74 Å². The highest BCUT2D eigenvalue weighted by molar-refractivity contribution is 5.64. The molecule has 8 nitrogen and oxygen atoms in total. The zero-order valence-electron chi connectivity index (χ0n) is 9.45. The number of β-amino-alcohol motifs (C(OH)–C–C–N with tert-alkyl or cyclic N) is 1. The first kappa shape index (κ1) is 11.5. The molecule has 0 atom stereocenters. The van der Waals surface area contributed by atoms with Crippen LogP contribution in [0.3, 0.4) is 0 Å². The predicted octanol–water partition coefficient (Wildman–Crippen LogP) is -0.0356. The number of hydrogen-bond donors (Lipinski definition) is 1. The quantitative estimate of drug-likeness (QED) is 0.584. The van der Waals surface area contributed by atoms with Gasteiger partial charge in [0.2, 0.25) is 5.82 Å². The van der Waals surface area contributed by atoms with E-state index in [0.29, 0.717) is 13.1 Å². The molecule has 2 heterocycles. The number of methoxy groups -OCH3 is 1. The summed E-state index contributed by atoms with van der Waals surface area (Å²) in [6, 6.07) is 0. The minimum absolute atomic E-state index is 0.0773. The van der Waals surface area contributed by atoms with Crippen molar-refractivity contribution in [1.29, 1.82) is 0 Å². The van der Waals surface area contributed by atoms with Crippen molar-refractivity contribution in [2.24, 2.45) is 0 Å². The van der Waals surface area contributed by atoms with Crippen molar-refractivity contribution < 1.29 is 14.8 Å². The van der Waals surface area contributed by atoms with E-state index in [1.165, 1.54) is 13.4 Å². The number of ether oxygens (including phenoxy) is 1. The molecular weight excluding hydrogens is 228 g/mol. The molecule has 1 aliphatic heterocycles. The maximum absolute atomic E-state index is 11.0. The summed E-state index contributed by atoms with van der Waals surface area (Å²) < 4.78 is 4.84. The Morgan fingerprint density at radius 3 is 2.71 bits per heavy atom. The number of aliphatic hydroxyl groups is 1. The lowest BCUT2D eigenvalue weighted by molar-refractivity contribution is -0.385. The van der Waals surface area contributed by atoms with Gasteiger partial charge in [0, 0.05) is 13.1 Å². The molecule has 1 aliphatic rings. The van der Waals surface area contributed by atoms with E-state index < -0.39 is 10.5 Å². The lowest BCUT2D eigenvalue weighted by atomic mass is 9.97. The van der Waals surface area contributed by atoms with Gasteiger partial charge in [-0.1, -0.05) is 0 Å². The van der Waals surface area contributed by atoms with Crippen LogP contribution < -0.4 is 9.64 Å². The Balaban J connectivity index is 2.37. The van der Waals surface area contributed by atoms with Crippen LogP contribution in [0.5, 0.6) is 5.88 Å². The molecule has 2 rings (SSSR count). The van der Waals surface area contributed by atoms with Gasteiger partial charge in [0.05, 0.1) is 17.6 Å². The van der Waals surface area contributed by atoms with Crippen LogP contribution in [0.25, 0.3) is 0 Å². The topological polar surface area (TPSA) is 102 Å². The van der Waals surface area contributed by atoms with Crippen molar-refractivity contribution in [3.63, 3.8) is 0 Å². The highest BCUT2D eigenvalue weighted by atomic mass is 16.6. The van der Waals surface area contributed by atoms with Crippen LogP contribution in [0.15, 0.2) is 6.33 Å². The molecular formula is C9H12N4O4. The molecule has 1 N–H and O–H groups in total. The van der Waals surface area contributed by atoms with E-state index >= 15 is 0 Å². The van der Waals surface area contributed by atoms with Crippen LogP contribution in [0.1, 0.15) is 6.92 Å². The maximum atomic E-state index is 11.0. The molecule has 0 aliphatic carbocycles. The first-order valence-electron chi connectivity index (χ1n) is 4.95. The van der Waals surface area contributed by atoms with Gasteiger partial charge in [-0.2, -0.15) is 4.98 Å². The molecule has 8 heteroatoms. The van der Waals surface area contributed by atoms with Crippen molar-refractivity contribution in [3.8, 4) is 5.88 Å². The van der Waals surface area contributed by atoms with Gasteiger partial charge >= 0.3 is 5.69 Å². The van der Waals surface area contributed by atoms with Gasteiger partial charge in [-0.05, 0) is 6.92 Å². The predicted molar refractivity (Wildman–Crippen MR) is 58.1 cm³/mol. The normalized spacial score (nSPS) is 17.5. The molecule has 0 saturated carbocycles. The summed E-state index contributed by atoms with van der Waals surface area (Å²) in [5.41, 5.74) is -1.10. The Hall–Kier alpha value is -1.96. The zero-order chi connectivity index (χ0) is 12.6. The van der Waals surface area contributed by atoms with Gasteiger partial charge in [0.25, 0.3) is 5.88 Å². The van der Waals surface area contributed by atoms with Gasteiger partial charge in [-0.25, -0.2) is 4.98 Å². The van der Waals surface area contributed by atoms with Crippen LogP contribution in [0.2, 0.25) is 0 Å². The molecule has 1 fully saturated rings. The average molecular weight is 240 g/mol. The smallest absolute Gasteiger partial charge is 0.372 e. The van der Waals surface area contributed by atoms with Crippen LogP contribution in [-0.2, 0) is 0 Å². The summed E-state index contributed by atoms with van der Waals surface area (Å²) in [5.74, 6) is 0.0971. The largest absolute Gasteiger partial charge is 0.476 e. The number of nitrogens with zero attached hydrogens (tertiary/aromatic N) is 4. The van der Waals surface area contributed by atoms with Crippen molar-refractivity contribution in [2.75, 3.05) is 25.1 Å². The van der Waals surface area contributed by atoms with Gasteiger partial charge in [-0.3, -0.25) is 10.1 Å². The Morgan fingerprint density at radius 2 is 2.24 bits per heavy atom. The summed E-state index contributed by atoms with van der Waals surface area (Å²) in [6.07, 6.45) is 1.20. The number of hydrogen-bond acceptors (Lipinski definition) is 7. The third-order valence-corrected chi connectivity index (χ3v) is 2.51. The molecule has 92 valence electrons. The molecule has 0 spiro atoms. The Bertz CT molecular complexity index is 454. The van der Waals surface area contributed by atoms with Gasteiger partial charge < -0.3 is 14.7 Å². The van der Waals surface area contributed by atoms with E-state index in [0.717, 1.165) is 0 Å². The third kappa shape index (κ3) is 1.98. The molecule has 0 amide bonds. The molecule has 1 aromatic heterocycles. The lowest BCUT2D eigenvalue weighted by Gasteiger charge is -2.44. The summed E-state index contributed by atoms with van der Waals surface area (Å²) in [7, 11) is 1.31.